The molecule has 0 heterocycles. The molecule has 0 aromatic heterocycles. The Labute approximate surface area is 105 Å². The van der Waals surface area contributed by atoms with Crippen molar-refractivity contribution in [3.05, 3.63) is 28.3 Å². The first kappa shape index (κ1) is 14.0. The minimum Gasteiger partial charge on any atom is -0.502 e. The molecule has 98 valence electrons. The number of nitro groups is 1. The topological polar surface area (TPSA) is 92.5 Å². The van der Waals surface area contributed by atoms with E-state index in [2.05, 4.69) is 5.32 Å². The van der Waals surface area contributed by atoms with E-state index in [1.807, 2.05) is 13.8 Å². The van der Waals surface area contributed by atoms with Gasteiger partial charge in [-0.2, -0.15) is 0 Å². The number of nitrogens with zero attached hydrogens (tertiary/aromatic N) is 1. The lowest BCUT2D eigenvalue weighted by Crippen LogP contribution is -2.24. The van der Waals surface area contributed by atoms with E-state index in [1.165, 1.54) is 12.1 Å². The second-order valence-corrected chi connectivity index (χ2v) is 4.48. The van der Waals surface area contributed by atoms with Gasteiger partial charge in [-0.1, -0.05) is 20.8 Å². The molecule has 0 spiro atoms. The first-order valence-electron chi connectivity index (χ1n) is 5.61. The van der Waals surface area contributed by atoms with Gasteiger partial charge in [0, 0.05) is 23.7 Å². The van der Waals surface area contributed by atoms with E-state index < -0.39 is 10.7 Å². The Kier molecular flexibility index (Phi) is 4.25. The van der Waals surface area contributed by atoms with Crippen LogP contribution in [0.2, 0.25) is 0 Å². The van der Waals surface area contributed by atoms with Crippen LogP contribution in [0.1, 0.15) is 20.8 Å². The Morgan fingerprint density at radius 2 is 2.00 bits per heavy atom. The number of rotatable bonds is 4. The molecule has 1 rings (SSSR count). The molecule has 1 atom stereocenters. The highest BCUT2D eigenvalue weighted by Gasteiger charge is 2.18. The Morgan fingerprint density at radius 3 is 2.44 bits per heavy atom. The van der Waals surface area contributed by atoms with Crippen molar-refractivity contribution < 1.29 is 14.8 Å². The van der Waals surface area contributed by atoms with Crippen molar-refractivity contribution in [1.82, 2.24) is 0 Å². The SMILES string of the molecule is CC(C)C(C)C(=O)Nc1ccc([N+](=O)[O-])c(O)c1. The third kappa shape index (κ3) is 3.19. The second-order valence-electron chi connectivity index (χ2n) is 4.48. The zero-order chi connectivity index (χ0) is 13.9. The molecule has 6 heteroatoms. The Morgan fingerprint density at radius 1 is 1.39 bits per heavy atom. The van der Waals surface area contributed by atoms with Crippen LogP contribution in [0.3, 0.4) is 0 Å². The largest absolute Gasteiger partial charge is 0.502 e. The van der Waals surface area contributed by atoms with Crippen LogP contribution in [0, 0.1) is 22.0 Å². The maximum Gasteiger partial charge on any atom is 0.310 e. The smallest absolute Gasteiger partial charge is 0.310 e. The van der Waals surface area contributed by atoms with E-state index in [9.17, 15) is 20.0 Å². The summed E-state index contributed by atoms with van der Waals surface area (Å²) in [7, 11) is 0. The molecule has 1 amide bonds. The van der Waals surface area contributed by atoms with Crippen LogP contribution in [-0.4, -0.2) is 15.9 Å². The predicted molar refractivity (Wildman–Crippen MR) is 67.4 cm³/mol. The van der Waals surface area contributed by atoms with Gasteiger partial charge in [0.15, 0.2) is 5.75 Å². The minimum atomic E-state index is -0.683. The number of benzene rings is 1. The number of carbonyl (C=O) groups is 1. The van der Waals surface area contributed by atoms with Gasteiger partial charge in [0.25, 0.3) is 0 Å². The zero-order valence-electron chi connectivity index (χ0n) is 10.5. The monoisotopic (exact) mass is 252 g/mol. The van der Waals surface area contributed by atoms with Crippen molar-refractivity contribution >= 4 is 17.3 Å². The van der Waals surface area contributed by atoms with E-state index in [-0.39, 0.29) is 23.4 Å². The predicted octanol–water partition coefficient (Wildman–Crippen LogP) is 2.53. The van der Waals surface area contributed by atoms with E-state index in [4.69, 9.17) is 0 Å². The summed E-state index contributed by atoms with van der Waals surface area (Å²) >= 11 is 0. The van der Waals surface area contributed by atoms with E-state index in [1.54, 1.807) is 6.92 Å². The van der Waals surface area contributed by atoms with Gasteiger partial charge in [-0.15, -0.1) is 0 Å². The zero-order valence-corrected chi connectivity index (χ0v) is 10.5. The molecule has 0 aliphatic heterocycles. The molecule has 0 radical (unpaired) electrons. The summed E-state index contributed by atoms with van der Waals surface area (Å²) in [5, 5.41) is 22.5. The number of anilines is 1. The van der Waals surface area contributed by atoms with Gasteiger partial charge >= 0.3 is 5.69 Å². The molecular weight excluding hydrogens is 236 g/mol. The number of nitrogens with one attached hydrogen (secondary N) is 1. The molecule has 18 heavy (non-hydrogen) atoms. The second kappa shape index (κ2) is 5.48. The molecule has 6 nitrogen and oxygen atoms in total. The summed E-state index contributed by atoms with van der Waals surface area (Å²) in [4.78, 5) is 21.6. The summed E-state index contributed by atoms with van der Waals surface area (Å²) in [6.45, 7) is 5.65. The molecule has 0 saturated heterocycles. The molecule has 1 aromatic rings. The highest BCUT2D eigenvalue weighted by Crippen LogP contribution is 2.28. The van der Waals surface area contributed by atoms with Crippen LogP contribution >= 0.6 is 0 Å². The summed E-state index contributed by atoms with van der Waals surface area (Å²) < 4.78 is 0. The number of hydrogen-bond acceptors (Lipinski definition) is 4. The average molecular weight is 252 g/mol. The maximum absolute atomic E-state index is 11.8. The van der Waals surface area contributed by atoms with Gasteiger partial charge in [0.05, 0.1) is 4.92 Å². The molecule has 1 unspecified atom stereocenters. The summed E-state index contributed by atoms with van der Waals surface area (Å²) in [6.07, 6.45) is 0. The molecule has 0 bridgehead atoms. The number of carbonyl (C=O) groups excluding carboxylic acids is 1. The number of phenols is 1. The fraction of sp³-hybridized carbons (Fsp3) is 0.417. The molecule has 0 aliphatic rings. The fourth-order valence-electron chi connectivity index (χ4n) is 1.31. The van der Waals surface area contributed by atoms with Crippen LogP contribution in [0.4, 0.5) is 11.4 Å². The number of hydrogen-bond donors (Lipinski definition) is 2. The Bertz CT molecular complexity index is 471. The minimum absolute atomic E-state index is 0.178. The number of amides is 1. The van der Waals surface area contributed by atoms with E-state index in [0.29, 0.717) is 5.69 Å². The third-order valence-corrected chi connectivity index (χ3v) is 2.85. The van der Waals surface area contributed by atoms with Crippen LogP contribution in [-0.2, 0) is 4.79 Å². The van der Waals surface area contributed by atoms with Gasteiger partial charge in [-0.3, -0.25) is 14.9 Å². The Hall–Kier alpha value is -2.11. The van der Waals surface area contributed by atoms with Crippen molar-refractivity contribution in [2.45, 2.75) is 20.8 Å². The van der Waals surface area contributed by atoms with Gasteiger partial charge < -0.3 is 10.4 Å². The number of phenolic OH excluding ortho intramolecular Hbond substituents is 1. The van der Waals surface area contributed by atoms with Crippen LogP contribution in [0.25, 0.3) is 0 Å². The summed E-state index contributed by atoms with van der Waals surface area (Å²) in [5.74, 6) is -0.632. The molecule has 2 N–H and O–H groups in total. The molecule has 0 aliphatic carbocycles. The van der Waals surface area contributed by atoms with Crippen LogP contribution in [0.5, 0.6) is 5.75 Å². The Balaban J connectivity index is 2.84. The maximum atomic E-state index is 11.8. The van der Waals surface area contributed by atoms with Gasteiger partial charge in [-0.25, -0.2) is 0 Å². The van der Waals surface area contributed by atoms with E-state index >= 15 is 0 Å². The highest BCUT2D eigenvalue weighted by atomic mass is 16.6. The van der Waals surface area contributed by atoms with Gasteiger partial charge in [0.2, 0.25) is 5.91 Å². The van der Waals surface area contributed by atoms with Crippen molar-refractivity contribution in [2.75, 3.05) is 5.32 Å². The van der Waals surface area contributed by atoms with Crippen molar-refractivity contribution in [3.8, 4) is 5.75 Å². The molecule has 0 saturated carbocycles. The van der Waals surface area contributed by atoms with Crippen molar-refractivity contribution in [1.29, 1.82) is 0 Å². The lowest BCUT2D eigenvalue weighted by atomic mass is 9.97. The average Bonchev–Trinajstić information content (AvgIpc) is 2.27. The third-order valence-electron chi connectivity index (χ3n) is 2.85. The number of aromatic hydroxyl groups is 1. The van der Waals surface area contributed by atoms with Gasteiger partial charge in [0.1, 0.15) is 0 Å². The van der Waals surface area contributed by atoms with Crippen LogP contribution < -0.4 is 5.32 Å². The number of nitro benzene ring substituents is 1. The fourth-order valence-corrected chi connectivity index (χ4v) is 1.31. The quantitative estimate of drug-likeness (QED) is 0.636. The highest BCUT2D eigenvalue weighted by molar-refractivity contribution is 5.92. The normalized spacial score (nSPS) is 12.2. The summed E-state index contributed by atoms with van der Waals surface area (Å²) in [5.41, 5.74) is -0.0412. The van der Waals surface area contributed by atoms with Gasteiger partial charge in [-0.05, 0) is 12.0 Å². The lowest BCUT2D eigenvalue weighted by Gasteiger charge is -2.15. The first-order valence-corrected chi connectivity index (χ1v) is 5.61. The molecule has 1 aromatic carbocycles. The molecular formula is C12H16N2O4. The van der Waals surface area contributed by atoms with Crippen molar-refractivity contribution in [2.24, 2.45) is 11.8 Å². The standard InChI is InChI=1S/C12H16N2O4/c1-7(2)8(3)12(16)13-9-4-5-10(14(17)18)11(15)6-9/h4-8,15H,1-3H3,(H,13,16). The van der Waals surface area contributed by atoms with E-state index in [0.717, 1.165) is 6.07 Å². The van der Waals surface area contributed by atoms with Crippen molar-refractivity contribution in [3.63, 3.8) is 0 Å². The molecule has 0 fully saturated rings. The first-order chi connectivity index (χ1) is 8.32. The summed E-state index contributed by atoms with van der Waals surface area (Å²) in [6, 6.07) is 3.72. The lowest BCUT2D eigenvalue weighted by molar-refractivity contribution is -0.385. The van der Waals surface area contributed by atoms with Crippen LogP contribution in [0.15, 0.2) is 18.2 Å².